The summed E-state index contributed by atoms with van der Waals surface area (Å²) in [5, 5.41) is 10.5. The Kier molecular flexibility index (Phi) is 1.93. The molecule has 1 fully saturated rings. The number of benzene rings is 1. The Morgan fingerprint density at radius 3 is 2.67 bits per heavy atom. The standard InChI is InChI=1S/C10H7FN2O2/c1-12-10(4-5-10)7-2-3-8(11)9(6-7)13(14)15/h2-3,6H,4-5H2. The van der Waals surface area contributed by atoms with Gasteiger partial charge in [-0.15, -0.1) is 0 Å². The van der Waals surface area contributed by atoms with Crippen molar-refractivity contribution in [2.45, 2.75) is 18.4 Å². The van der Waals surface area contributed by atoms with Crippen molar-refractivity contribution in [1.29, 1.82) is 0 Å². The Labute approximate surface area is 85.3 Å². The van der Waals surface area contributed by atoms with Crippen LogP contribution in [-0.4, -0.2) is 4.92 Å². The van der Waals surface area contributed by atoms with Crippen molar-refractivity contribution in [3.8, 4) is 0 Å². The van der Waals surface area contributed by atoms with Gasteiger partial charge in [0.05, 0.1) is 4.92 Å². The van der Waals surface area contributed by atoms with Crippen molar-refractivity contribution in [2.75, 3.05) is 0 Å². The topological polar surface area (TPSA) is 47.5 Å². The van der Waals surface area contributed by atoms with Crippen molar-refractivity contribution < 1.29 is 9.31 Å². The van der Waals surface area contributed by atoms with Crippen LogP contribution in [0.4, 0.5) is 10.1 Å². The second-order valence-corrected chi connectivity index (χ2v) is 3.57. The normalized spacial score (nSPS) is 16.8. The molecule has 0 radical (unpaired) electrons. The lowest BCUT2D eigenvalue weighted by atomic mass is 10.0. The molecule has 1 aromatic rings. The van der Waals surface area contributed by atoms with Crippen molar-refractivity contribution in [3.63, 3.8) is 0 Å². The van der Waals surface area contributed by atoms with Crippen LogP contribution in [0.3, 0.4) is 0 Å². The highest BCUT2D eigenvalue weighted by Crippen LogP contribution is 2.50. The van der Waals surface area contributed by atoms with Crippen molar-refractivity contribution in [1.82, 2.24) is 0 Å². The zero-order chi connectivity index (χ0) is 11.1. The minimum atomic E-state index is -0.857. The van der Waals surface area contributed by atoms with E-state index >= 15 is 0 Å². The summed E-state index contributed by atoms with van der Waals surface area (Å²) in [5.41, 5.74) is -0.633. The van der Waals surface area contributed by atoms with E-state index in [4.69, 9.17) is 6.57 Å². The number of hydrogen-bond acceptors (Lipinski definition) is 2. The molecule has 0 heterocycles. The van der Waals surface area contributed by atoms with E-state index in [9.17, 15) is 14.5 Å². The summed E-state index contributed by atoms with van der Waals surface area (Å²) in [6.45, 7) is 7.00. The summed E-state index contributed by atoms with van der Waals surface area (Å²) >= 11 is 0. The van der Waals surface area contributed by atoms with Gasteiger partial charge in [0, 0.05) is 24.5 Å². The number of hydrogen-bond donors (Lipinski definition) is 0. The van der Waals surface area contributed by atoms with Crippen molar-refractivity contribution in [2.24, 2.45) is 0 Å². The maximum Gasteiger partial charge on any atom is 0.305 e. The van der Waals surface area contributed by atoms with Gasteiger partial charge in [-0.25, -0.2) is 6.57 Å². The number of nitro groups is 1. The summed E-state index contributed by atoms with van der Waals surface area (Å²) in [6, 6.07) is 3.67. The molecule has 15 heavy (non-hydrogen) atoms. The Morgan fingerprint density at radius 2 is 2.20 bits per heavy atom. The van der Waals surface area contributed by atoms with E-state index in [1.165, 1.54) is 12.1 Å². The van der Waals surface area contributed by atoms with E-state index in [2.05, 4.69) is 4.85 Å². The van der Waals surface area contributed by atoms with Crippen LogP contribution in [0.2, 0.25) is 0 Å². The predicted octanol–water partition coefficient (Wildman–Crippen LogP) is 2.64. The third-order valence-corrected chi connectivity index (χ3v) is 2.62. The van der Waals surface area contributed by atoms with E-state index in [1.807, 2.05) is 0 Å². The van der Waals surface area contributed by atoms with Gasteiger partial charge in [0.25, 0.3) is 5.54 Å². The molecule has 0 N–H and O–H groups in total. The monoisotopic (exact) mass is 206 g/mol. The van der Waals surface area contributed by atoms with E-state index in [-0.39, 0.29) is 0 Å². The number of rotatable bonds is 2. The third-order valence-electron chi connectivity index (χ3n) is 2.62. The molecule has 0 unspecified atom stereocenters. The van der Waals surface area contributed by atoms with Gasteiger partial charge in [-0.2, -0.15) is 4.39 Å². The largest absolute Gasteiger partial charge is 0.305 e. The summed E-state index contributed by atoms with van der Waals surface area (Å²) in [6.07, 6.45) is 1.39. The Morgan fingerprint density at radius 1 is 1.53 bits per heavy atom. The molecular weight excluding hydrogens is 199 g/mol. The fraction of sp³-hybridized carbons (Fsp3) is 0.300. The van der Waals surface area contributed by atoms with Crippen LogP contribution in [-0.2, 0) is 5.54 Å². The highest BCUT2D eigenvalue weighted by atomic mass is 19.1. The molecule has 0 atom stereocenters. The Balaban J connectivity index is 2.49. The van der Waals surface area contributed by atoms with Crippen molar-refractivity contribution in [3.05, 3.63) is 51.1 Å². The fourth-order valence-electron chi connectivity index (χ4n) is 1.53. The molecule has 0 amide bonds. The number of nitro benzene ring substituents is 1. The molecule has 4 nitrogen and oxygen atoms in total. The Hall–Kier alpha value is -1.96. The van der Waals surface area contributed by atoms with Gasteiger partial charge in [-0.3, -0.25) is 10.1 Å². The lowest BCUT2D eigenvalue weighted by molar-refractivity contribution is -0.387. The molecule has 1 aliphatic carbocycles. The van der Waals surface area contributed by atoms with Crippen LogP contribution in [0.5, 0.6) is 0 Å². The maximum atomic E-state index is 13.0. The molecule has 0 spiro atoms. The van der Waals surface area contributed by atoms with Gasteiger partial charge >= 0.3 is 5.69 Å². The quantitative estimate of drug-likeness (QED) is 0.424. The molecule has 2 rings (SSSR count). The van der Waals surface area contributed by atoms with Gasteiger partial charge in [0.2, 0.25) is 5.82 Å². The lowest BCUT2D eigenvalue weighted by Gasteiger charge is -2.02. The predicted molar refractivity (Wildman–Crippen MR) is 50.6 cm³/mol. The van der Waals surface area contributed by atoms with Gasteiger partial charge in [-0.1, -0.05) is 0 Å². The van der Waals surface area contributed by atoms with Gasteiger partial charge in [0.15, 0.2) is 0 Å². The zero-order valence-electron chi connectivity index (χ0n) is 7.74. The highest BCUT2D eigenvalue weighted by molar-refractivity contribution is 5.43. The molecule has 0 saturated heterocycles. The lowest BCUT2D eigenvalue weighted by Crippen LogP contribution is -2.02. The third kappa shape index (κ3) is 1.44. The fourth-order valence-corrected chi connectivity index (χ4v) is 1.53. The van der Waals surface area contributed by atoms with E-state index in [0.29, 0.717) is 18.4 Å². The van der Waals surface area contributed by atoms with Gasteiger partial charge in [-0.05, 0) is 12.1 Å². The maximum absolute atomic E-state index is 13.0. The first-order valence-corrected chi connectivity index (χ1v) is 4.42. The van der Waals surface area contributed by atoms with Crippen molar-refractivity contribution >= 4 is 5.69 Å². The minimum absolute atomic E-state index is 0.547. The Bertz CT molecular complexity index is 475. The van der Waals surface area contributed by atoms with Crippen LogP contribution in [0.25, 0.3) is 4.85 Å². The summed E-state index contributed by atoms with van der Waals surface area (Å²) < 4.78 is 13.0. The van der Waals surface area contributed by atoms with Gasteiger partial charge < -0.3 is 4.85 Å². The van der Waals surface area contributed by atoms with Crippen LogP contribution in [0.1, 0.15) is 18.4 Å². The number of halogens is 1. The first-order valence-electron chi connectivity index (χ1n) is 4.42. The van der Waals surface area contributed by atoms with E-state index in [0.717, 1.165) is 6.07 Å². The molecule has 1 aromatic carbocycles. The minimum Gasteiger partial charge on any atom is -0.305 e. The zero-order valence-corrected chi connectivity index (χ0v) is 7.74. The van der Waals surface area contributed by atoms with Gasteiger partial charge in [0.1, 0.15) is 0 Å². The highest BCUT2D eigenvalue weighted by Gasteiger charge is 2.53. The number of nitrogens with zero attached hydrogens (tertiary/aromatic N) is 2. The SMILES string of the molecule is [C-]#[N+]C1(c2ccc(F)c([N+](=O)[O-])c2)CC1. The first-order chi connectivity index (χ1) is 7.09. The molecule has 5 heteroatoms. The first kappa shape index (κ1) is 9.59. The van der Waals surface area contributed by atoms with Crippen LogP contribution >= 0.6 is 0 Å². The average Bonchev–Trinajstić information content (AvgIpc) is 2.99. The molecule has 1 saturated carbocycles. The molecule has 1 aliphatic rings. The molecule has 0 aromatic heterocycles. The summed E-state index contributed by atoms with van der Waals surface area (Å²) in [7, 11) is 0. The van der Waals surface area contributed by atoms with Crippen LogP contribution in [0, 0.1) is 22.5 Å². The molecular formula is C10H7FN2O2. The molecule has 76 valence electrons. The average molecular weight is 206 g/mol. The molecule has 0 aliphatic heterocycles. The second-order valence-electron chi connectivity index (χ2n) is 3.57. The second kappa shape index (κ2) is 3.02. The summed E-state index contributed by atoms with van der Waals surface area (Å²) in [5.74, 6) is -0.857. The van der Waals surface area contributed by atoms with E-state index < -0.39 is 22.0 Å². The van der Waals surface area contributed by atoms with Crippen LogP contribution < -0.4 is 0 Å². The molecule has 0 bridgehead atoms. The van der Waals surface area contributed by atoms with Crippen LogP contribution in [0.15, 0.2) is 18.2 Å². The summed E-state index contributed by atoms with van der Waals surface area (Å²) in [4.78, 5) is 13.2. The van der Waals surface area contributed by atoms with E-state index in [1.54, 1.807) is 0 Å². The smallest absolute Gasteiger partial charge is 0.305 e.